The van der Waals surface area contributed by atoms with Gasteiger partial charge in [0.1, 0.15) is 0 Å². The van der Waals surface area contributed by atoms with Crippen molar-refractivity contribution in [3.05, 3.63) is 35.4 Å². The highest BCUT2D eigenvalue weighted by atomic mass is 19.2. The molecule has 7 heteroatoms. The van der Waals surface area contributed by atoms with Crippen molar-refractivity contribution < 1.29 is 13.6 Å². The van der Waals surface area contributed by atoms with E-state index >= 15 is 0 Å². The van der Waals surface area contributed by atoms with Crippen molar-refractivity contribution in [2.45, 2.75) is 38.4 Å². The fourth-order valence-electron chi connectivity index (χ4n) is 3.83. The minimum Gasteiger partial charge on any atom is -0.352 e. The minimum absolute atomic E-state index is 0.0982. The van der Waals surface area contributed by atoms with Crippen LogP contribution in [0, 0.1) is 11.6 Å². The number of likely N-dealkylation sites (tertiary alicyclic amines) is 1. The van der Waals surface area contributed by atoms with Gasteiger partial charge in [-0.15, -0.1) is 0 Å². The summed E-state index contributed by atoms with van der Waals surface area (Å²) in [5.41, 5.74) is 0.778. The van der Waals surface area contributed by atoms with Crippen LogP contribution >= 0.6 is 0 Å². The predicted molar refractivity (Wildman–Crippen MR) is 101 cm³/mol. The second-order valence-electron chi connectivity index (χ2n) is 7.82. The molecule has 0 saturated carbocycles. The lowest BCUT2D eigenvalue weighted by Gasteiger charge is -2.37. The van der Waals surface area contributed by atoms with Gasteiger partial charge in [-0.2, -0.15) is 0 Å². The number of benzene rings is 1. The Morgan fingerprint density at radius 3 is 2.41 bits per heavy atom. The second-order valence-corrected chi connectivity index (χ2v) is 7.82. The van der Waals surface area contributed by atoms with Gasteiger partial charge in [0.05, 0.1) is 6.04 Å². The maximum absolute atomic E-state index is 13.3. The first-order valence-corrected chi connectivity index (χ1v) is 9.81. The largest absolute Gasteiger partial charge is 0.352 e. The molecule has 1 aromatic rings. The molecule has 1 atom stereocenters. The first-order valence-electron chi connectivity index (χ1n) is 9.81. The third-order valence-corrected chi connectivity index (χ3v) is 5.79. The molecule has 1 unspecified atom stereocenters. The lowest BCUT2D eigenvalue weighted by molar-refractivity contribution is -0.127. The van der Waals surface area contributed by atoms with E-state index in [9.17, 15) is 13.6 Å². The van der Waals surface area contributed by atoms with Gasteiger partial charge in [-0.1, -0.05) is 6.07 Å². The quantitative estimate of drug-likeness (QED) is 0.844. The lowest BCUT2D eigenvalue weighted by atomic mass is 10.0. The van der Waals surface area contributed by atoms with Gasteiger partial charge in [0.25, 0.3) is 0 Å². The van der Waals surface area contributed by atoms with Crippen molar-refractivity contribution >= 4 is 5.91 Å². The van der Waals surface area contributed by atoms with E-state index in [0.29, 0.717) is 6.54 Å². The van der Waals surface area contributed by atoms with Crippen LogP contribution in [0.3, 0.4) is 0 Å². The average molecular weight is 380 g/mol. The topological polar surface area (TPSA) is 38.8 Å². The number of carbonyl (C=O) groups is 1. The van der Waals surface area contributed by atoms with Crippen molar-refractivity contribution in [1.29, 1.82) is 0 Å². The summed E-state index contributed by atoms with van der Waals surface area (Å²) in [7, 11) is 2.11. The molecule has 0 aromatic heterocycles. The smallest absolute Gasteiger partial charge is 0.237 e. The number of nitrogens with one attached hydrogen (secondary N) is 1. The summed E-state index contributed by atoms with van der Waals surface area (Å²) in [6.45, 7) is 8.13. The van der Waals surface area contributed by atoms with Gasteiger partial charge in [-0.25, -0.2) is 8.78 Å². The monoisotopic (exact) mass is 380 g/mol. The number of halogens is 2. The van der Waals surface area contributed by atoms with E-state index in [1.807, 2.05) is 6.92 Å². The number of likely N-dealkylation sites (N-methyl/N-ethyl adjacent to an activating group) is 1. The summed E-state index contributed by atoms with van der Waals surface area (Å²) in [4.78, 5) is 19.3. The number of hydrogen-bond acceptors (Lipinski definition) is 4. The summed E-state index contributed by atoms with van der Waals surface area (Å²) < 4.78 is 26.4. The third kappa shape index (κ3) is 5.46. The van der Waals surface area contributed by atoms with Crippen molar-refractivity contribution in [3.8, 4) is 0 Å². The van der Waals surface area contributed by atoms with Gasteiger partial charge in [0, 0.05) is 51.9 Å². The molecule has 2 heterocycles. The number of nitrogens with zero attached hydrogens (tertiary/aromatic N) is 3. The molecule has 1 aromatic carbocycles. The molecule has 0 spiro atoms. The maximum Gasteiger partial charge on any atom is 0.237 e. The Morgan fingerprint density at radius 1 is 1.11 bits per heavy atom. The molecular formula is C20H30F2N4O. The fourth-order valence-corrected chi connectivity index (χ4v) is 3.83. The molecule has 1 N–H and O–H groups in total. The molecule has 2 aliphatic heterocycles. The van der Waals surface area contributed by atoms with E-state index < -0.39 is 11.6 Å². The number of carbonyl (C=O) groups excluding carboxylic acids is 1. The Hall–Kier alpha value is -1.57. The Labute approximate surface area is 160 Å². The molecular weight excluding hydrogens is 350 g/mol. The van der Waals surface area contributed by atoms with Gasteiger partial charge in [0.2, 0.25) is 5.91 Å². The van der Waals surface area contributed by atoms with E-state index in [2.05, 4.69) is 27.1 Å². The summed E-state index contributed by atoms with van der Waals surface area (Å²) >= 11 is 0. The summed E-state index contributed by atoms with van der Waals surface area (Å²) in [6.07, 6.45) is 1.76. The predicted octanol–water partition coefficient (Wildman–Crippen LogP) is 1.68. The van der Waals surface area contributed by atoms with Crippen LogP contribution in [0.1, 0.15) is 25.3 Å². The van der Waals surface area contributed by atoms with Gasteiger partial charge in [-0.3, -0.25) is 14.6 Å². The normalized spacial score (nSPS) is 21.9. The number of hydrogen-bond donors (Lipinski definition) is 1. The zero-order chi connectivity index (χ0) is 19.4. The highest BCUT2D eigenvalue weighted by molar-refractivity contribution is 5.81. The van der Waals surface area contributed by atoms with Gasteiger partial charge in [-0.05, 0) is 44.5 Å². The molecule has 2 saturated heterocycles. The van der Waals surface area contributed by atoms with Gasteiger partial charge in [0.15, 0.2) is 11.6 Å². The molecule has 0 bridgehead atoms. The Balaban J connectivity index is 1.42. The van der Waals surface area contributed by atoms with Crippen molar-refractivity contribution in [2.75, 3.05) is 46.3 Å². The maximum atomic E-state index is 13.3. The number of rotatable bonds is 5. The zero-order valence-electron chi connectivity index (χ0n) is 16.3. The summed E-state index contributed by atoms with van der Waals surface area (Å²) in [5.74, 6) is -1.50. The van der Waals surface area contributed by atoms with Crippen LogP contribution in [0.25, 0.3) is 0 Å². The van der Waals surface area contributed by atoms with Crippen LogP contribution in [-0.2, 0) is 11.3 Å². The number of piperidine rings is 1. The van der Waals surface area contributed by atoms with Crippen LogP contribution in [0.15, 0.2) is 18.2 Å². The van der Waals surface area contributed by atoms with Crippen LogP contribution in [0.4, 0.5) is 8.78 Å². The molecule has 5 nitrogen and oxygen atoms in total. The van der Waals surface area contributed by atoms with E-state index in [-0.39, 0.29) is 18.0 Å². The van der Waals surface area contributed by atoms with E-state index in [4.69, 9.17) is 0 Å². The standard InChI is InChI=1S/C20H30F2N4O/c1-15(26-11-9-24(2)10-12-26)20(27)23-17-5-7-25(8-6-17)14-16-3-4-18(21)19(22)13-16/h3-4,13,15,17H,5-12,14H2,1-2H3,(H,23,27). The Kier molecular flexibility index (Phi) is 6.78. The average Bonchev–Trinajstić information content (AvgIpc) is 2.66. The second kappa shape index (κ2) is 9.08. The minimum atomic E-state index is -0.811. The molecule has 3 rings (SSSR count). The molecule has 1 amide bonds. The Morgan fingerprint density at radius 2 is 1.78 bits per heavy atom. The highest BCUT2D eigenvalue weighted by Crippen LogP contribution is 2.16. The SMILES string of the molecule is CC(C(=O)NC1CCN(Cc2ccc(F)c(F)c2)CC1)N1CCN(C)CC1. The van der Waals surface area contributed by atoms with Crippen molar-refractivity contribution in [1.82, 2.24) is 20.0 Å². The van der Waals surface area contributed by atoms with E-state index in [0.717, 1.165) is 57.7 Å². The Bertz CT molecular complexity index is 641. The molecule has 27 heavy (non-hydrogen) atoms. The van der Waals surface area contributed by atoms with E-state index in [1.165, 1.54) is 12.1 Å². The van der Waals surface area contributed by atoms with Crippen molar-refractivity contribution in [3.63, 3.8) is 0 Å². The van der Waals surface area contributed by atoms with Crippen molar-refractivity contribution in [2.24, 2.45) is 0 Å². The third-order valence-electron chi connectivity index (χ3n) is 5.79. The van der Waals surface area contributed by atoms with Crippen LogP contribution in [0.2, 0.25) is 0 Å². The van der Waals surface area contributed by atoms with Crippen LogP contribution in [-0.4, -0.2) is 79.0 Å². The molecule has 0 radical (unpaired) electrons. The zero-order valence-corrected chi connectivity index (χ0v) is 16.3. The number of piperazine rings is 1. The molecule has 0 aliphatic carbocycles. The summed E-state index contributed by atoms with van der Waals surface area (Å²) in [5, 5.41) is 3.20. The first kappa shape index (κ1) is 20.2. The fraction of sp³-hybridized carbons (Fsp3) is 0.650. The molecule has 2 aliphatic rings. The first-order chi connectivity index (χ1) is 12.9. The summed E-state index contributed by atoms with van der Waals surface area (Å²) in [6, 6.07) is 4.16. The van der Waals surface area contributed by atoms with Gasteiger partial charge < -0.3 is 10.2 Å². The van der Waals surface area contributed by atoms with E-state index in [1.54, 1.807) is 6.07 Å². The molecule has 2 fully saturated rings. The highest BCUT2D eigenvalue weighted by Gasteiger charge is 2.27. The molecule has 150 valence electrons. The van der Waals surface area contributed by atoms with Crippen LogP contribution in [0.5, 0.6) is 0 Å². The van der Waals surface area contributed by atoms with Gasteiger partial charge >= 0.3 is 0 Å². The number of amides is 1. The lowest BCUT2D eigenvalue weighted by Crippen LogP contribution is -2.55. The van der Waals surface area contributed by atoms with Crippen LogP contribution < -0.4 is 5.32 Å².